The van der Waals surface area contributed by atoms with Gasteiger partial charge in [-0.05, 0) is 96.2 Å². The Hall–Kier alpha value is -7.55. The number of pyridine rings is 1. The summed E-state index contributed by atoms with van der Waals surface area (Å²) in [7, 11) is 0. The lowest BCUT2D eigenvalue weighted by Crippen LogP contribution is -2.25. The van der Waals surface area contributed by atoms with E-state index in [1.54, 1.807) is 0 Å². The van der Waals surface area contributed by atoms with E-state index in [-0.39, 0.29) is 0 Å². The van der Waals surface area contributed by atoms with E-state index in [9.17, 15) is 0 Å². The zero-order valence-electron chi connectivity index (χ0n) is 31.4. The highest BCUT2D eigenvalue weighted by Gasteiger charge is 2.52. The number of hydrogen-bond donors (Lipinski definition) is 0. The van der Waals surface area contributed by atoms with Gasteiger partial charge in [-0.15, -0.1) is 0 Å². The lowest BCUT2D eigenvalue weighted by atomic mass is 9.70. The first-order chi connectivity index (χ1) is 28.8. The molecule has 2 heterocycles. The molecule has 0 unspecified atom stereocenters. The molecule has 2 aliphatic rings. The molecule has 0 radical (unpaired) electrons. The van der Waals surface area contributed by atoms with Crippen LogP contribution in [0.2, 0.25) is 0 Å². The minimum atomic E-state index is -0.500. The molecule has 0 bridgehead atoms. The van der Waals surface area contributed by atoms with Gasteiger partial charge in [0.15, 0.2) is 0 Å². The van der Waals surface area contributed by atoms with Crippen LogP contribution >= 0.6 is 0 Å². The molecule has 0 amide bonds. The first-order valence-corrected chi connectivity index (χ1v) is 20.0. The average Bonchev–Trinajstić information content (AvgIpc) is 3.92. The van der Waals surface area contributed by atoms with Crippen molar-refractivity contribution in [2.75, 3.05) is 0 Å². The number of fused-ring (bicyclic) bond motifs is 16. The number of para-hydroxylation sites is 2. The SMILES string of the molecule is c1ccc(-c2cc(-c3ccc(-c4ccc5c(c4)C4(c6ccccc6-c6ccccc64)c4ccc6c(oc7ccccc76)c4-5)c4ccccc34)nc3ccccc23)cc1. The lowest BCUT2D eigenvalue weighted by molar-refractivity contribution is 0.669. The summed E-state index contributed by atoms with van der Waals surface area (Å²) in [4.78, 5) is 5.28. The van der Waals surface area contributed by atoms with Gasteiger partial charge >= 0.3 is 0 Å². The first-order valence-electron chi connectivity index (χ1n) is 20.0. The zero-order valence-corrected chi connectivity index (χ0v) is 31.4. The second-order valence-corrected chi connectivity index (χ2v) is 15.7. The number of aromatic nitrogens is 1. The second-order valence-electron chi connectivity index (χ2n) is 15.7. The van der Waals surface area contributed by atoms with E-state index in [1.165, 1.54) is 77.5 Å². The van der Waals surface area contributed by atoms with E-state index in [0.717, 1.165) is 44.1 Å². The van der Waals surface area contributed by atoms with Crippen molar-refractivity contribution in [1.29, 1.82) is 0 Å². The van der Waals surface area contributed by atoms with Crippen LogP contribution in [-0.4, -0.2) is 4.98 Å². The molecule has 2 aliphatic carbocycles. The first kappa shape index (κ1) is 31.6. The number of benzene rings is 9. The molecule has 0 fully saturated rings. The summed E-state index contributed by atoms with van der Waals surface area (Å²) in [6.07, 6.45) is 0. The van der Waals surface area contributed by atoms with Crippen molar-refractivity contribution < 1.29 is 4.42 Å². The van der Waals surface area contributed by atoms with Crippen molar-refractivity contribution in [3.8, 4) is 55.8 Å². The van der Waals surface area contributed by atoms with Gasteiger partial charge < -0.3 is 4.42 Å². The Morgan fingerprint density at radius 3 is 1.76 bits per heavy atom. The highest BCUT2D eigenvalue weighted by Crippen LogP contribution is 2.64. The predicted molar refractivity (Wildman–Crippen MR) is 239 cm³/mol. The van der Waals surface area contributed by atoms with E-state index in [2.05, 4.69) is 200 Å². The molecule has 0 aliphatic heterocycles. The van der Waals surface area contributed by atoms with Crippen LogP contribution in [0.3, 0.4) is 0 Å². The van der Waals surface area contributed by atoms with E-state index < -0.39 is 5.41 Å². The van der Waals surface area contributed by atoms with E-state index in [1.807, 2.05) is 0 Å². The molecule has 268 valence electrons. The van der Waals surface area contributed by atoms with Gasteiger partial charge in [0.25, 0.3) is 0 Å². The Labute approximate surface area is 335 Å². The van der Waals surface area contributed by atoms with Gasteiger partial charge in [0, 0.05) is 27.3 Å². The minimum absolute atomic E-state index is 0.500. The van der Waals surface area contributed by atoms with Gasteiger partial charge in [-0.3, -0.25) is 0 Å². The molecule has 0 atom stereocenters. The Bertz CT molecular complexity index is 3470. The zero-order chi connectivity index (χ0) is 38.0. The maximum atomic E-state index is 6.82. The fourth-order valence-electron chi connectivity index (χ4n) is 10.5. The van der Waals surface area contributed by atoms with Gasteiger partial charge in [-0.2, -0.15) is 0 Å². The highest BCUT2D eigenvalue weighted by atomic mass is 16.3. The molecule has 0 N–H and O–H groups in total. The quantitative estimate of drug-likeness (QED) is 0.181. The van der Waals surface area contributed by atoms with Crippen molar-refractivity contribution in [3.05, 3.63) is 222 Å². The predicted octanol–water partition coefficient (Wildman–Crippen LogP) is 14.6. The fourth-order valence-corrected chi connectivity index (χ4v) is 10.5. The molecule has 1 spiro atoms. The van der Waals surface area contributed by atoms with Crippen LogP contribution in [-0.2, 0) is 5.41 Å². The van der Waals surface area contributed by atoms with Gasteiger partial charge in [-0.25, -0.2) is 4.98 Å². The van der Waals surface area contributed by atoms with Crippen LogP contribution in [0.25, 0.3) is 99.4 Å². The summed E-state index contributed by atoms with van der Waals surface area (Å²) in [6, 6.07) is 73.0. The Kier molecular flexibility index (Phi) is 6.40. The Morgan fingerprint density at radius 2 is 0.966 bits per heavy atom. The summed E-state index contributed by atoms with van der Waals surface area (Å²) >= 11 is 0. The molecule has 9 aromatic carbocycles. The molecule has 13 rings (SSSR count). The van der Waals surface area contributed by atoms with Gasteiger partial charge in [-0.1, -0.05) is 176 Å². The van der Waals surface area contributed by atoms with E-state index in [4.69, 9.17) is 9.40 Å². The molecule has 2 nitrogen and oxygen atoms in total. The second kappa shape index (κ2) is 11.7. The third-order valence-corrected chi connectivity index (χ3v) is 12.9. The molecule has 2 heteroatoms. The standard InChI is InChI=1S/C56H33NO/c1-2-14-34(15-3-1)46-33-52(57-51-24-12-8-20-41(46)51)42-29-28-36(37-16-4-5-17-38(37)42)35-26-27-45-50(32-35)56(47-22-10-6-18-39(47)40-19-7-11-23-48(40)56)49-31-30-44-43-21-9-13-25-53(43)58-55(44)54(45)49/h1-33H. The van der Waals surface area contributed by atoms with Gasteiger partial charge in [0.2, 0.25) is 0 Å². The largest absolute Gasteiger partial charge is 0.455 e. The highest BCUT2D eigenvalue weighted by molar-refractivity contribution is 6.14. The minimum Gasteiger partial charge on any atom is -0.455 e. The number of furan rings is 1. The van der Waals surface area contributed by atoms with E-state index in [0.29, 0.717) is 0 Å². The normalized spacial score (nSPS) is 13.3. The van der Waals surface area contributed by atoms with Crippen molar-refractivity contribution in [2.24, 2.45) is 0 Å². The molecule has 2 aromatic heterocycles. The topological polar surface area (TPSA) is 26.0 Å². The maximum Gasteiger partial charge on any atom is 0.143 e. The smallest absolute Gasteiger partial charge is 0.143 e. The van der Waals surface area contributed by atoms with Gasteiger partial charge in [0.1, 0.15) is 11.2 Å². The monoisotopic (exact) mass is 735 g/mol. The molecule has 0 saturated heterocycles. The third kappa shape index (κ3) is 4.13. The molecule has 0 saturated carbocycles. The summed E-state index contributed by atoms with van der Waals surface area (Å²) in [5.41, 5.74) is 19.4. The molecular formula is C56H33NO. The average molecular weight is 736 g/mol. The van der Waals surface area contributed by atoms with Crippen LogP contribution in [0.1, 0.15) is 22.3 Å². The van der Waals surface area contributed by atoms with Crippen molar-refractivity contribution in [1.82, 2.24) is 4.98 Å². The van der Waals surface area contributed by atoms with Crippen LogP contribution in [0.5, 0.6) is 0 Å². The third-order valence-electron chi connectivity index (χ3n) is 12.9. The molecule has 11 aromatic rings. The number of hydrogen-bond acceptors (Lipinski definition) is 2. The van der Waals surface area contributed by atoms with Crippen LogP contribution in [0.15, 0.2) is 205 Å². The van der Waals surface area contributed by atoms with Crippen molar-refractivity contribution >= 4 is 43.6 Å². The van der Waals surface area contributed by atoms with Crippen LogP contribution in [0, 0.1) is 0 Å². The number of rotatable bonds is 3. The molecular weight excluding hydrogens is 703 g/mol. The maximum absolute atomic E-state index is 6.82. The Balaban J connectivity index is 1.07. The van der Waals surface area contributed by atoms with Gasteiger partial charge in [0.05, 0.1) is 16.6 Å². The fraction of sp³-hybridized carbons (Fsp3) is 0.0179. The summed E-state index contributed by atoms with van der Waals surface area (Å²) in [6.45, 7) is 0. The number of nitrogens with zero attached hydrogens (tertiary/aromatic N) is 1. The van der Waals surface area contributed by atoms with Crippen molar-refractivity contribution in [3.63, 3.8) is 0 Å². The molecule has 58 heavy (non-hydrogen) atoms. The Morgan fingerprint density at radius 1 is 0.345 bits per heavy atom. The summed E-state index contributed by atoms with van der Waals surface area (Å²) in [5.74, 6) is 0. The van der Waals surface area contributed by atoms with Crippen molar-refractivity contribution in [2.45, 2.75) is 5.41 Å². The summed E-state index contributed by atoms with van der Waals surface area (Å²) in [5, 5.41) is 5.84. The van der Waals surface area contributed by atoms with Crippen LogP contribution in [0.4, 0.5) is 0 Å². The summed E-state index contributed by atoms with van der Waals surface area (Å²) < 4.78 is 6.82. The van der Waals surface area contributed by atoms with E-state index >= 15 is 0 Å². The van der Waals surface area contributed by atoms with Crippen LogP contribution < -0.4 is 0 Å². The lowest BCUT2D eigenvalue weighted by Gasteiger charge is -2.30.